The van der Waals surface area contributed by atoms with Crippen LogP contribution in [0, 0.1) is 10.1 Å². The van der Waals surface area contributed by atoms with Gasteiger partial charge in [-0.1, -0.05) is 17.7 Å². The van der Waals surface area contributed by atoms with Crippen LogP contribution in [0.15, 0.2) is 18.2 Å². The molecule has 9 nitrogen and oxygen atoms in total. The predicted octanol–water partition coefficient (Wildman–Crippen LogP) is 2.04. The number of halogens is 1. The van der Waals surface area contributed by atoms with Crippen molar-refractivity contribution in [2.75, 3.05) is 0 Å². The van der Waals surface area contributed by atoms with Gasteiger partial charge in [0.2, 0.25) is 0 Å². The summed E-state index contributed by atoms with van der Waals surface area (Å²) in [7, 11) is 0. The fraction of sp³-hybridized carbons (Fsp3) is 0.357. The summed E-state index contributed by atoms with van der Waals surface area (Å²) >= 11 is 5.93. The van der Waals surface area contributed by atoms with E-state index in [-0.39, 0.29) is 10.6 Å². The minimum absolute atomic E-state index is 0.147. The highest BCUT2D eigenvalue weighted by Crippen LogP contribution is 2.33. The number of nitro benzene ring substituents is 1. The van der Waals surface area contributed by atoms with E-state index < -0.39 is 40.6 Å². The Kier molecular flexibility index (Phi) is 5.03. The molecule has 1 atom stereocenters. The molecule has 0 heterocycles. The minimum atomic E-state index is -1.41. The molecule has 0 radical (unpaired) electrons. The zero-order valence-electron chi connectivity index (χ0n) is 12.6. The van der Waals surface area contributed by atoms with Crippen LogP contribution in [0.2, 0.25) is 5.02 Å². The van der Waals surface area contributed by atoms with Gasteiger partial charge < -0.3 is 10.4 Å². The number of carboxylic acid groups (broad SMARTS) is 1. The van der Waals surface area contributed by atoms with Crippen LogP contribution in [0.3, 0.4) is 0 Å². The van der Waals surface area contributed by atoms with E-state index in [2.05, 4.69) is 0 Å². The van der Waals surface area contributed by atoms with Crippen molar-refractivity contribution in [1.82, 2.24) is 10.2 Å². The van der Waals surface area contributed by atoms with Gasteiger partial charge in [-0.05, 0) is 25.8 Å². The second-order valence-corrected chi connectivity index (χ2v) is 5.71. The third-order valence-corrected chi connectivity index (χ3v) is 3.80. The van der Waals surface area contributed by atoms with E-state index in [9.17, 15) is 24.5 Å². The van der Waals surface area contributed by atoms with Crippen molar-refractivity contribution >= 4 is 35.2 Å². The van der Waals surface area contributed by atoms with Crippen LogP contribution in [-0.4, -0.2) is 44.9 Å². The number of carbonyl (C=O) groups excluding carboxylic acids is 2. The van der Waals surface area contributed by atoms with Crippen LogP contribution in [0.5, 0.6) is 0 Å². The maximum absolute atomic E-state index is 12.7. The number of imide groups is 1. The first-order chi connectivity index (χ1) is 11.2. The number of rotatable bonds is 5. The third kappa shape index (κ3) is 3.62. The summed E-state index contributed by atoms with van der Waals surface area (Å²) < 4.78 is 0. The van der Waals surface area contributed by atoms with E-state index in [1.165, 1.54) is 19.1 Å². The fourth-order valence-electron chi connectivity index (χ4n) is 2.23. The maximum atomic E-state index is 12.7. The molecule has 0 aromatic heterocycles. The molecule has 10 heteroatoms. The fourth-order valence-corrected chi connectivity index (χ4v) is 2.48. The number of nitrogens with zero attached hydrogens (tertiary/aromatic N) is 2. The number of carbonyl (C=O) groups is 3. The van der Waals surface area contributed by atoms with Crippen LogP contribution >= 0.6 is 11.6 Å². The summed E-state index contributed by atoms with van der Waals surface area (Å²) in [6.07, 6.45) is -0.312. The smallest absolute Gasteiger partial charge is 0.405 e. The molecule has 128 valence electrons. The van der Waals surface area contributed by atoms with E-state index in [4.69, 9.17) is 16.7 Å². The average Bonchev–Trinajstić information content (AvgIpc) is 3.30. The third-order valence-electron chi connectivity index (χ3n) is 3.48. The standard InChI is InChI=1S/C14H14ClN3O6/c1-7(16-14(21)22)12(19)17(8-5-6-8)13(20)11-9(15)3-2-4-10(11)18(23)24/h2-4,7-8,16H,5-6H2,1H3,(H,21,22). The van der Waals surface area contributed by atoms with Gasteiger partial charge >= 0.3 is 6.09 Å². The first-order valence-corrected chi connectivity index (χ1v) is 7.41. The van der Waals surface area contributed by atoms with Crippen LogP contribution in [-0.2, 0) is 4.79 Å². The molecular formula is C14H14ClN3O6. The average molecular weight is 356 g/mol. The van der Waals surface area contributed by atoms with E-state index in [0.29, 0.717) is 12.8 Å². The van der Waals surface area contributed by atoms with Crippen molar-refractivity contribution in [1.29, 1.82) is 0 Å². The summed E-state index contributed by atoms with van der Waals surface area (Å²) in [5.74, 6) is -1.68. The number of benzene rings is 1. The van der Waals surface area contributed by atoms with Crippen molar-refractivity contribution in [3.63, 3.8) is 0 Å². The molecule has 1 aromatic carbocycles. The normalized spacial score (nSPS) is 14.6. The lowest BCUT2D eigenvalue weighted by molar-refractivity contribution is -0.385. The van der Waals surface area contributed by atoms with Gasteiger partial charge in [0.25, 0.3) is 17.5 Å². The van der Waals surface area contributed by atoms with Gasteiger partial charge in [0.1, 0.15) is 11.6 Å². The maximum Gasteiger partial charge on any atom is 0.405 e. The highest BCUT2D eigenvalue weighted by molar-refractivity contribution is 6.35. The Bertz CT molecular complexity index is 718. The molecule has 0 spiro atoms. The molecule has 0 aliphatic heterocycles. The Morgan fingerprint density at radius 3 is 2.54 bits per heavy atom. The van der Waals surface area contributed by atoms with Crippen molar-refractivity contribution in [2.45, 2.75) is 31.8 Å². The zero-order valence-corrected chi connectivity index (χ0v) is 13.3. The SMILES string of the molecule is CC(NC(=O)O)C(=O)N(C(=O)c1c(Cl)cccc1[N+](=O)[O-])C1CC1. The number of amides is 3. The minimum Gasteiger partial charge on any atom is -0.465 e. The first-order valence-electron chi connectivity index (χ1n) is 7.03. The van der Waals surface area contributed by atoms with E-state index in [1.54, 1.807) is 0 Å². The lowest BCUT2D eigenvalue weighted by Gasteiger charge is -2.24. The molecule has 2 rings (SSSR count). The van der Waals surface area contributed by atoms with Gasteiger partial charge in [0, 0.05) is 12.1 Å². The number of hydrogen-bond acceptors (Lipinski definition) is 5. The zero-order chi connectivity index (χ0) is 18.0. The van der Waals surface area contributed by atoms with Crippen LogP contribution in [0.4, 0.5) is 10.5 Å². The van der Waals surface area contributed by atoms with Gasteiger partial charge in [-0.3, -0.25) is 24.6 Å². The second-order valence-electron chi connectivity index (χ2n) is 5.31. The van der Waals surface area contributed by atoms with Crippen molar-refractivity contribution in [3.05, 3.63) is 38.9 Å². The van der Waals surface area contributed by atoms with Gasteiger partial charge in [-0.2, -0.15) is 0 Å². The van der Waals surface area contributed by atoms with Gasteiger partial charge in [0.15, 0.2) is 0 Å². The van der Waals surface area contributed by atoms with Crippen LogP contribution in [0.25, 0.3) is 0 Å². The molecule has 1 aliphatic carbocycles. The Balaban J connectivity index is 2.40. The summed E-state index contributed by atoms with van der Waals surface area (Å²) in [6, 6.07) is 2.17. The Labute approximate surface area is 141 Å². The van der Waals surface area contributed by atoms with Gasteiger partial charge in [0.05, 0.1) is 9.95 Å². The quantitative estimate of drug-likeness (QED) is 0.614. The summed E-state index contributed by atoms with van der Waals surface area (Å²) in [6.45, 7) is 1.29. The van der Waals surface area contributed by atoms with Crippen molar-refractivity contribution in [2.24, 2.45) is 0 Å². The Hall–Kier alpha value is -2.68. The van der Waals surface area contributed by atoms with Gasteiger partial charge in [-0.25, -0.2) is 4.79 Å². The summed E-state index contributed by atoms with van der Waals surface area (Å²) in [5, 5.41) is 21.7. The molecule has 1 saturated carbocycles. The molecule has 3 amide bonds. The molecule has 2 N–H and O–H groups in total. The predicted molar refractivity (Wildman–Crippen MR) is 82.9 cm³/mol. The van der Waals surface area contributed by atoms with Gasteiger partial charge in [-0.15, -0.1) is 0 Å². The van der Waals surface area contributed by atoms with Crippen molar-refractivity contribution < 1.29 is 24.4 Å². The first kappa shape index (κ1) is 17.7. The molecule has 1 aliphatic rings. The lowest BCUT2D eigenvalue weighted by atomic mass is 10.1. The molecule has 1 unspecified atom stereocenters. The molecule has 24 heavy (non-hydrogen) atoms. The molecule has 1 aromatic rings. The molecule has 0 saturated heterocycles. The topological polar surface area (TPSA) is 130 Å². The second kappa shape index (κ2) is 6.83. The van der Waals surface area contributed by atoms with Crippen molar-refractivity contribution in [3.8, 4) is 0 Å². The van der Waals surface area contributed by atoms with E-state index in [0.717, 1.165) is 11.0 Å². The number of nitro groups is 1. The van der Waals surface area contributed by atoms with Crippen LogP contribution in [0.1, 0.15) is 30.1 Å². The molecule has 1 fully saturated rings. The monoisotopic (exact) mass is 355 g/mol. The molecular weight excluding hydrogens is 342 g/mol. The lowest BCUT2D eigenvalue weighted by Crippen LogP contribution is -2.50. The number of hydrogen-bond donors (Lipinski definition) is 2. The number of nitrogens with one attached hydrogen (secondary N) is 1. The van der Waals surface area contributed by atoms with E-state index in [1.807, 2.05) is 5.32 Å². The Morgan fingerprint density at radius 1 is 1.42 bits per heavy atom. The Morgan fingerprint density at radius 2 is 2.04 bits per heavy atom. The van der Waals surface area contributed by atoms with Crippen LogP contribution < -0.4 is 5.32 Å². The molecule has 0 bridgehead atoms. The summed E-state index contributed by atoms with van der Waals surface area (Å²) in [5.41, 5.74) is -0.892. The van der Waals surface area contributed by atoms with E-state index >= 15 is 0 Å². The summed E-state index contributed by atoms with van der Waals surface area (Å²) in [4.78, 5) is 47.1. The largest absolute Gasteiger partial charge is 0.465 e. The highest BCUT2D eigenvalue weighted by Gasteiger charge is 2.42. The highest BCUT2D eigenvalue weighted by atomic mass is 35.5.